The predicted octanol–water partition coefficient (Wildman–Crippen LogP) is 1.81. The summed E-state index contributed by atoms with van der Waals surface area (Å²) in [6.45, 7) is 5.80. The number of methoxy groups -OCH3 is 1. The van der Waals surface area contributed by atoms with Gasteiger partial charge in [-0.15, -0.1) is 10.2 Å². The number of hydrogen-bond acceptors (Lipinski definition) is 6. The zero-order valence-corrected chi connectivity index (χ0v) is 13.1. The lowest BCUT2D eigenvalue weighted by Crippen LogP contribution is -2.11. The minimum atomic E-state index is 0.533. The van der Waals surface area contributed by atoms with Gasteiger partial charge in [0.25, 0.3) is 0 Å². The molecular formula is C15H20N6O. The van der Waals surface area contributed by atoms with Crippen molar-refractivity contribution in [2.45, 2.75) is 33.4 Å². The van der Waals surface area contributed by atoms with Crippen LogP contribution in [0.15, 0.2) is 12.4 Å². The topological polar surface area (TPSA) is 88.6 Å². The molecule has 0 aliphatic rings. The zero-order chi connectivity index (χ0) is 15.9. The van der Waals surface area contributed by atoms with E-state index in [4.69, 9.17) is 10.00 Å². The van der Waals surface area contributed by atoms with E-state index in [9.17, 15) is 0 Å². The average Bonchev–Trinajstić information content (AvgIpc) is 2.93. The first kappa shape index (κ1) is 15.9. The number of pyridine rings is 1. The van der Waals surface area contributed by atoms with E-state index in [2.05, 4.69) is 26.6 Å². The second-order valence-corrected chi connectivity index (χ2v) is 5.04. The molecule has 116 valence electrons. The van der Waals surface area contributed by atoms with Gasteiger partial charge in [0, 0.05) is 20.3 Å². The molecule has 22 heavy (non-hydrogen) atoms. The van der Waals surface area contributed by atoms with Crippen molar-refractivity contribution in [1.82, 2.24) is 19.7 Å². The number of aromatic nitrogens is 4. The molecule has 7 heteroatoms. The van der Waals surface area contributed by atoms with Crippen LogP contribution in [0.4, 0.5) is 5.82 Å². The van der Waals surface area contributed by atoms with Crippen molar-refractivity contribution < 1.29 is 4.74 Å². The van der Waals surface area contributed by atoms with Gasteiger partial charge < -0.3 is 14.6 Å². The summed E-state index contributed by atoms with van der Waals surface area (Å²) >= 11 is 0. The van der Waals surface area contributed by atoms with Crippen molar-refractivity contribution in [3.05, 3.63) is 35.0 Å². The molecule has 0 atom stereocenters. The van der Waals surface area contributed by atoms with Crippen LogP contribution in [-0.2, 0) is 17.8 Å². The minimum Gasteiger partial charge on any atom is -0.385 e. The largest absolute Gasteiger partial charge is 0.385 e. The van der Waals surface area contributed by atoms with E-state index in [1.54, 1.807) is 13.4 Å². The van der Waals surface area contributed by atoms with Crippen LogP contribution in [0.5, 0.6) is 0 Å². The van der Waals surface area contributed by atoms with Crippen LogP contribution in [0.2, 0.25) is 0 Å². The molecule has 0 saturated heterocycles. The first-order chi connectivity index (χ1) is 10.7. The summed E-state index contributed by atoms with van der Waals surface area (Å²) in [7, 11) is 1.69. The normalized spacial score (nSPS) is 10.5. The Morgan fingerprint density at radius 2 is 2.23 bits per heavy atom. The second kappa shape index (κ2) is 7.52. The molecule has 0 radical (unpaired) electrons. The third kappa shape index (κ3) is 3.80. The van der Waals surface area contributed by atoms with E-state index < -0.39 is 0 Å². The molecule has 2 aromatic heterocycles. The molecule has 2 rings (SSSR count). The summed E-state index contributed by atoms with van der Waals surface area (Å²) in [6.07, 6.45) is 2.63. The van der Waals surface area contributed by atoms with E-state index in [0.29, 0.717) is 18.7 Å². The van der Waals surface area contributed by atoms with Crippen molar-refractivity contribution in [3.8, 4) is 6.07 Å². The van der Waals surface area contributed by atoms with Crippen molar-refractivity contribution in [2.24, 2.45) is 0 Å². The van der Waals surface area contributed by atoms with Crippen LogP contribution >= 0.6 is 0 Å². The predicted molar refractivity (Wildman–Crippen MR) is 82.3 cm³/mol. The summed E-state index contributed by atoms with van der Waals surface area (Å²) < 4.78 is 7.05. The van der Waals surface area contributed by atoms with Crippen molar-refractivity contribution >= 4 is 5.82 Å². The summed E-state index contributed by atoms with van der Waals surface area (Å²) in [6, 6.07) is 4.04. The lowest BCUT2D eigenvalue weighted by molar-refractivity contribution is 0.190. The van der Waals surface area contributed by atoms with E-state index in [1.165, 1.54) is 0 Å². The molecule has 0 spiro atoms. The lowest BCUT2D eigenvalue weighted by atomic mass is 10.1. The SMILES string of the molecule is COCCCn1cnnc1CNc1cc(C)c(C#N)c(C)n1. The van der Waals surface area contributed by atoms with Gasteiger partial charge in [0.2, 0.25) is 0 Å². The quantitative estimate of drug-likeness (QED) is 0.784. The maximum atomic E-state index is 9.07. The van der Waals surface area contributed by atoms with E-state index in [0.717, 1.165) is 35.9 Å². The zero-order valence-electron chi connectivity index (χ0n) is 13.1. The Balaban J connectivity index is 2.02. The second-order valence-electron chi connectivity index (χ2n) is 5.04. The molecule has 7 nitrogen and oxygen atoms in total. The molecule has 0 aromatic carbocycles. The molecule has 0 fully saturated rings. The van der Waals surface area contributed by atoms with Gasteiger partial charge in [-0.2, -0.15) is 5.26 Å². The Hall–Kier alpha value is -2.46. The summed E-state index contributed by atoms with van der Waals surface area (Å²) in [4.78, 5) is 4.40. The fourth-order valence-corrected chi connectivity index (χ4v) is 2.24. The Morgan fingerprint density at radius 1 is 1.41 bits per heavy atom. The van der Waals surface area contributed by atoms with Crippen LogP contribution in [0, 0.1) is 25.2 Å². The molecule has 0 aliphatic heterocycles. The Bertz CT molecular complexity index is 650. The number of ether oxygens (including phenoxy) is 1. The number of nitrogens with zero attached hydrogens (tertiary/aromatic N) is 5. The number of hydrogen-bond donors (Lipinski definition) is 1. The van der Waals surface area contributed by atoms with Crippen LogP contribution in [0.1, 0.15) is 29.1 Å². The number of aryl methyl sites for hydroxylation is 3. The summed E-state index contributed by atoms with van der Waals surface area (Å²) in [5, 5.41) is 20.4. The Kier molecular flexibility index (Phi) is 5.44. The van der Waals surface area contributed by atoms with Gasteiger partial charge >= 0.3 is 0 Å². The highest BCUT2D eigenvalue weighted by Gasteiger charge is 2.08. The first-order valence-corrected chi connectivity index (χ1v) is 7.13. The van der Waals surface area contributed by atoms with E-state index in [1.807, 2.05) is 24.5 Å². The number of rotatable bonds is 7. The van der Waals surface area contributed by atoms with E-state index >= 15 is 0 Å². The molecule has 0 unspecified atom stereocenters. The first-order valence-electron chi connectivity index (χ1n) is 7.13. The molecule has 2 aromatic rings. The smallest absolute Gasteiger partial charge is 0.152 e. The number of nitrogens with one attached hydrogen (secondary N) is 1. The highest BCUT2D eigenvalue weighted by molar-refractivity contribution is 5.48. The van der Waals surface area contributed by atoms with Gasteiger partial charge in [-0.05, 0) is 31.9 Å². The molecule has 0 amide bonds. The van der Waals surface area contributed by atoms with Gasteiger partial charge in [0.1, 0.15) is 18.2 Å². The van der Waals surface area contributed by atoms with Crippen LogP contribution < -0.4 is 5.32 Å². The standard InChI is InChI=1S/C15H20N6O/c1-11-7-14(19-12(2)13(11)8-16)17-9-15-20-18-10-21(15)5-4-6-22-3/h7,10H,4-6,9H2,1-3H3,(H,17,19). The monoisotopic (exact) mass is 300 g/mol. The van der Waals surface area contributed by atoms with E-state index in [-0.39, 0.29) is 0 Å². The molecular weight excluding hydrogens is 280 g/mol. The van der Waals surface area contributed by atoms with Crippen molar-refractivity contribution in [2.75, 3.05) is 19.0 Å². The van der Waals surface area contributed by atoms with Gasteiger partial charge in [0.15, 0.2) is 5.82 Å². The van der Waals surface area contributed by atoms with Crippen LogP contribution in [0.3, 0.4) is 0 Å². The minimum absolute atomic E-state index is 0.533. The van der Waals surface area contributed by atoms with Crippen LogP contribution in [-0.4, -0.2) is 33.5 Å². The Labute approximate surface area is 130 Å². The molecule has 2 heterocycles. The van der Waals surface area contributed by atoms with Crippen molar-refractivity contribution in [1.29, 1.82) is 5.26 Å². The molecule has 0 bridgehead atoms. The molecule has 1 N–H and O–H groups in total. The maximum Gasteiger partial charge on any atom is 0.152 e. The highest BCUT2D eigenvalue weighted by atomic mass is 16.5. The third-order valence-corrected chi connectivity index (χ3v) is 3.38. The average molecular weight is 300 g/mol. The summed E-state index contributed by atoms with van der Waals surface area (Å²) in [5.74, 6) is 1.58. The molecule has 0 saturated carbocycles. The van der Waals surface area contributed by atoms with Gasteiger partial charge in [0.05, 0.1) is 17.8 Å². The molecule has 0 aliphatic carbocycles. The third-order valence-electron chi connectivity index (χ3n) is 3.38. The van der Waals surface area contributed by atoms with Gasteiger partial charge in [-0.3, -0.25) is 0 Å². The summed E-state index contributed by atoms with van der Waals surface area (Å²) in [5.41, 5.74) is 2.28. The van der Waals surface area contributed by atoms with Crippen LogP contribution in [0.25, 0.3) is 0 Å². The lowest BCUT2D eigenvalue weighted by Gasteiger charge is -2.10. The number of nitriles is 1. The fraction of sp³-hybridized carbons (Fsp3) is 0.467. The Morgan fingerprint density at radius 3 is 2.91 bits per heavy atom. The highest BCUT2D eigenvalue weighted by Crippen LogP contribution is 2.15. The fourth-order valence-electron chi connectivity index (χ4n) is 2.24. The van der Waals surface area contributed by atoms with Gasteiger partial charge in [-0.25, -0.2) is 4.98 Å². The number of anilines is 1. The maximum absolute atomic E-state index is 9.07. The van der Waals surface area contributed by atoms with Crippen molar-refractivity contribution in [3.63, 3.8) is 0 Å². The van der Waals surface area contributed by atoms with Gasteiger partial charge in [-0.1, -0.05) is 0 Å².